The van der Waals surface area contributed by atoms with E-state index in [1.807, 2.05) is 24.3 Å². The van der Waals surface area contributed by atoms with Crippen LogP contribution in [0.5, 0.6) is 11.5 Å². The molecule has 0 saturated carbocycles. The van der Waals surface area contributed by atoms with Gasteiger partial charge in [0, 0.05) is 11.1 Å². The molecule has 1 aliphatic rings. The van der Waals surface area contributed by atoms with Crippen LogP contribution >= 0.6 is 23.4 Å². The Morgan fingerprint density at radius 2 is 1.94 bits per heavy atom. The number of nitrogens with zero attached hydrogens (tertiary/aromatic N) is 2. The van der Waals surface area contributed by atoms with Crippen LogP contribution in [0.25, 0.3) is 0 Å². The molecule has 2 heterocycles. The van der Waals surface area contributed by atoms with Crippen LogP contribution in [0.15, 0.2) is 40.4 Å². The van der Waals surface area contributed by atoms with Crippen molar-refractivity contribution in [1.29, 1.82) is 0 Å². The van der Waals surface area contributed by atoms with E-state index in [1.165, 1.54) is 11.8 Å². The van der Waals surface area contributed by atoms with E-state index in [2.05, 4.69) is 9.97 Å². The van der Waals surface area contributed by atoms with E-state index in [4.69, 9.17) is 21.1 Å². The molecule has 0 bridgehead atoms. The van der Waals surface area contributed by atoms with Gasteiger partial charge in [0.25, 0.3) is 0 Å². The summed E-state index contributed by atoms with van der Waals surface area (Å²) in [5.41, 5.74) is 0. The zero-order valence-electron chi connectivity index (χ0n) is 9.30. The molecule has 1 aliphatic heterocycles. The van der Waals surface area contributed by atoms with Gasteiger partial charge in [-0.15, -0.1) is 0 Å². The van der Waals surface area contributed by atoms with E-state index in [0.717, 1.165) is 21.4 Å². The third-order valence-corrected chi connectivity index (χ3v) is 3.44. The molecule has 0 spiro atoms. The first kappa shape index (κ1) is 11.6. The lowest BCUT2D eigenvalue weighted by Crippen LogP contribution is -2.15. The van der Waals surface area contributed by atoms with Gasteiger partial charge < -0.3 is 9.47 Å². The molecule has 4 nitrogen and oxygen atoms in total. The van der Waals surface area contributed by atoms with Crippen LogP contribution in [0.1, 0.15) is 0 Å². The van der Waals surface area contributed by atoms with E-state index >= 15 is 0 Å². The highest BCUT2D eigenvalue weighted by Crippen LogP contribution is 2.36. The minimum Gasteiger partial charge on any atom is -0.486 e. The van der Waals surface area contributed by atoms with Crippen molar-refractivity contribution in [2.24, 2.45) is 0 Å². The zero-order chi connectivity index (χ0) is 12.4. The van der Waals surface area contributed by atoms with Crippen molar-refractivity contribution < 1.29 is 9.47 Å². The van der Waals surface area contributed by atoms with Gasteiger partial charge in [-0.25, -0.2) is 9.97 Å². The van der Waals surface area contributed by atoms with Crippen molar-refractivity contribution in [3.05, 3.63) is 35.7 Å². The summed E-state index contributed by atoms with van der Waals surface area (Å²) in [5, 5.41) is 1.05. The second-order valence-corrected chi connectivity index (χ2v) is 5.00. The lowest BCUT2D eigenvalue weighted by molar-refractivity contribution is 0.171. The van der Waals surface area contributed by atoms with E-state index in [1.54, 1.807) is 6.20 Å². The summed E-state index contributed by atoms with van der Waals surface area (Å²) in [6.07, 6.45) is 1.63. The fraction of sp³-hybridized carbons (Fsp3) is 0.167. The summed E-state index contributed by atoms with van der Waals surface area (Å²) in [5.74, 6) is 1.55. The maximum absolute atomic E-state index is 5.75. The summed E-state index contributed by atoms with van der Waals surface area (Å²) in [6.45, 7) is 1.18. The largest absolute Gasteiger partial charge is 0.486 e. The Morgan fingerprint density at radius 3 is 2.78 bits per heavy atom. The molecule has 0 amide bonds. The number of hydrogen-bond acceptors (Lipinski definition) is 5. The second-order valence-electron chi connectivity index (χ2n) is 3.57. The molecule has 0 radical (unpaired) electrons. The van der Waals surface area contributed by atoms with Gasteiger partial charge in [0.2, 0.25) is 5.28 Å². The van der Waals surface area contributed by atoms with Crippen molar-refractivity contribution in [2.75, 3.05) is 13.2 Å². The highest BCUT2D eigenvalue weighted by Gasteiger charge is 2.12. The van der Waals surface area contributed by atoms with E-state index in [0.29, 0.717) is 13.2 Å². The van der Waals surface area contributed by atoms with Gasteiger partial charge in [-0.3, -0.25) is 0 Å². The number of fused-ring (bicyclic) bond motifs is 1. The predicted molar refractivity (Wildman–Crippen MR) is 68.6 cm³/mol. The number of ether oxygens (including phenoxy) is 2. The van der Waals surface area contributed by atoms with E-state index < -0.39 is 0 Å². The topological polar surface area (TPSA) is 44.2 Å². The summed E-state index contributed by atoms with van der Waals surface area (Å²) in [7, 11) is 0. The molecule has 0 unspecified atom stereocenters. The third-order valence-electron chi connectivity index (χ3n) is 2.34. The molecule has 92 valence electrons. The quantitative estimate of drug-likeness (QED) is 0.625. The van der Waals surface area contributed by atoms with Crippen LogP contribution in [0.2, 0.25) is 5.28 Å². The van der Waals surface area contributed by atoms with Crippen LogP contribution in [0.3, 0.4) is 0 Å². The van der Waals surface area contributed by atoms with Gasteiger partial charge >= 0.3 is 0 Å². The summed E-state index contributed by atoms with van der Waals surface area (Å²) < 4.78 is 11.0. The number of aromatic nitrogens is 2. The van der Waals surface area contributed by atoms with Gasteiger partial charge in [-0.2, -0.15) is 0 Å². The van der Waals surface area contributed by atoms with E-state index in [-0.39, 0.29) is 5.28 Å². The number of rotatable bonds is 2. The Labute approximate surface area is 113 Å². The van der Waals surface area contributed by atoms with Crippen LogP contribution < -0.4 is 9.47 Å². The number of halogens is 1. The van der Waals surface area contributed by atoms with Gasteiger partial charge in [-0.05, 0) is 35.9 Å². The first-order valence-electron chi connectivity index (χ1n) is 5.37. The smallest absolute Gasteiger partial charge is 0.223 e. The first-order chi connectivity index (χ1) is 8.81. The fourth-order valence-electron chi connectivity index (χ4n) is 1.58. The van der Waals surface area contributed by atoms with Gasteiger partial charge in [0.05, 0.1) is 0 Å². The summed E-state index contributed by atoms with van der Waals surface area (Å²) in [4.78, 5) is 9.00. The van der Waals surface area contributed by atoms with Crippen molar-refractivity contribution in [3.8, 4) is 11.5 Å². The second kappa shape index (κ2) is 5.04. The normalized spacial score (nSPS) is 13.4. The van der Waals surface area contributed by atoms with Crippen molar-refractivity contribution in [1.82, 2.24) is 9.97 Å². The van der Waals surface area contributed by atoms with Crippen molar-refractivity contribution in [3.63, 3.8) is 0 Å². The minimum absolute atomic E-state index is 0.248. The molecular weight excluding hydrogens is 272 g/mol. The third kappa shape index (κ3) is 2.52. The monoisotopic (exact) mass is 280 g/mol. The molecule has 0 aliphatic carbocycles. The predicted octanol–water partition coefficient (Wildman–Crippen LogP) is 3.05. The van der Waals surface area contributed by atoms with E-state index in [9.17, 15) is 0 Å². The molecule has 0 fully saturated rings. The van der Waals surface area contributed by atoms with Crippen LogP contribution in [-0.2, 0) is 0 Å². The molecule has 2 aromatic rings. The first-order valence-corrected chi connectivity index (χ1v) is 6.57. The maximum atomic E-state index is 5.75. The van der Waals surface area contributed by atoms with Crippen LogP contribution in [0.4, 0.5) is 0 Å². The Hall–Kier alpha value is -1.46. The summed E-state index contributed by atoms with van der Waals surface area (Å²) >= 11 is 7.25. The average molecular weight is 281 g/mol. The Balaban J connectivity index is 1.85. The summed E-state index contributed by atoms with van der Waals surface area (Å²) in [6, 6.07) is 7.62. The average Bonchev–Trinajstić information content (AvgIpc) is 2.39. The minimum atomic E-state index is 0.248. The molecule has 3 rings (SSSR count). The van der Waals surface area contributed by atoms with Gasteiger partial charge in [0.15, 0.2) is 11.5 Å². The molecule has 18 heavy (non-hydrogen) atoms. The highest BCUT2D eigenvalue weighted by atomic mass is 35.5. The molecule has 1 aromatic heterocycles. The van der Waals surface area contributed by atoms with Gasteiger partial charge in [0.1, 0.15) is 18.2 Å². The molecule has 1 aromatic carbocycles. The van der Waals surface area contributed by atoms with Crippen molar-refractivity contribution >= 4 is 23.4 Å². The standard InChI is InChI=1S/C12H9ClN2O2S/c13-12-14-4-3-11(15-12)18-8-1-2-9-10(7-8)17-6-5-16-9/h1-4,7H,5-6H2. The Kier molecular flexibility index (Phi) is 3.25. The maximum Gasteiger partial charge on any atom is 0.223 e. The van der Waals surface area contributed by atoms with Crippen LogP contribution in [-0.4, -0.2) is 23.2 Å². The SMILES string of the molecule is Clc1nccc(Sc2ccc3c(c2)OCCO3)n1. The van der Waals surface area contributed by atoms with Crippen molar-refractivity contribution in [2.45, 2.75) is 9.92 Å². The lowest BCUT2D eigenvalue weighted by atomic mass is 10.3. The highest BCUT2D eigenvalue weighted by molar-refractivity contribution is 7.99. The Bertz CT molecular complexity index is 580. The zero-order valence-corrected chi connectivity index (χ0v) is 10.9. The molecule has 0 saturated heterocycles. The van der Waals surface area contributed by atoms with Crippen LogP contribution in [0, 0.1) is 0 Å². The molecule has 0 N–H and O–H groups in total. The Morgan fingerprint density at radius 1 is 1.11 bits per heavy atom. The molecule has 0 atom stereocenters. The molecular formula is C12H9ClN2O2S. The number of benzene rings is 1. The fourth-order valence-corrected chi connectivity index (χ4v) is 2.59. The van der Waals surface area contributed by atoms with Gasteiger partial charge in [-0.1, -0.05) is 11.8 Å². The lowest BCUT2D eigenvalue weighted by Gasteiger charge is -2.18. The molecule has 6 heteroatoms. The number of hydrogen-bond donors (Lipinski definition) is 0.